The maximum Gasteiger partial charge on any atom is 0.331 e. The molecule has 1 aromatic heterocycles. The van der Waals surface area contributed by atoms with Gasteiger partial charge in [-0.05, 0) is 13.3 Å². The lowest BCUT2D eigenvalue weighted by molar-refractivity contribution is -0.141. The van der Waals surface area contributed by atoms with Crippen LogP contribution in [0.4, 0.5) is 0 Å². The smallest absolute Gasteiger partial charge is 0.331 e. The molecule has 8 heteroatoms. The first-order chi connectivity index (χ1) is 9.86. The van der Waals surface area contributed by atoms with Crippen molar-refractivity contribution in [2.45, 2.75) is 25.9 Å². The van der Waals surface area contributed by atoms with Crippen molar-refractivity contribution < 1.29 is 14.7 Å². The van der Waals surface area contributed by atoms with Crippen molar-refractivity contribution in [1.29, 1.82) is 0 Å². The molecule has 0 saturated heterocycles. The van der Waals surface area contributed by atoms with E-state index in [2.05, 4.69) is 5.32 Å². The normalized spacial score (nSPS) is 12.3. The van der Waals surface area contributed by atoms with Crippen LogP contribution in [-0.4, -0.2) is 32.2 Å². The number of aromatic nitrogens is 2. The number of carboxylic acids is 1. The summed E-state index contributed by atoms with van der Waals surface area (Å²) in [7, 11) is 1.30. The van der Waals surface area contributed by atoms with Gasteiger partial charge in [0.15, 0.2) is 0 Å². The number of aliphatic carboxylic acids is 1. The molecule has 0 aliphatic rings. The van der Waals surface area contributed by atoms with Gasteiger partial charge in [0.25, 0.3) is 5.56 Å². The Morgan fingerprint density at radius 3 is 2.67 bits per heavy atom. The third-order valence-electron chi connectivity index (χ3n) is 2.82. The predicted octanol–water partition coefficient (Wildman–Crippen LogP) is -0.917. The first-order valence-corrected chi connectivity index (χ1v) is 6.26. The standard InChI is InChI=1S/C13H17N3O5/c1-3-4-5-9(12(19)20)14-10(17)8-16-7-6-11(18)15(2)13(16)21/h3-4,6-7,9H,5,8H2,1-2H3,(H,14,17)(H,19,20)/b4-3+. The number of nitrogens with one attached hydrogen (secondary N) is 1. The van der Waals surface area contributed by atoms with Crippen molar-refractivity contribution in [2.24, 2.45) is 7.05 Å². The van der Waals surface area contributed by atoms with Gasteiger partial charge in [-0.3, -0.25) is 18.7 Å². The summed E-state index contributed by atoms with van der Waals surface area (Å²) in [6, 6.07) is 0.0975. The molecule has 2 N–H and O–H groups in total. The van der Waals surface area contributed by atoms with Gasteiger partial charge in [-0.25, -0.2) is 9.59 Å². The van der Waals surface area contributed by atoms with Gasteiger partial charge >= 0.3 is 11.7 Å². The van der Waals surface area contributed by atoms with Gasteiger partial charge in [-0.1, -0.05) is 12.2 Å². The molecular formula is C13H17N3O5. The highest BCUT2D eigenvalue weighted by atomic mass is 16.4. The molecular weight excluding hydrogens is 278 g/mol. The molecule has 21 heavy (non-hydrogen) atoms. The number of carbonyl (C=O) groups is 2. The van der Waals surface area contributed by atoms with Crippen LogP contribution >= 0.6 is 0 Å². The zero-order valence-electron chi connectivity index (χ0n) is 11.8. The van der Waals surface area contributed by atoms with Gasteiger partial charge in [0.1, 0.15) is 12.6 Å². The van der Waals surface area contributed by atoms with Crippen molar-refractivity contribution >= 4 is 11.9 Å². The van der Waals surface area contributed by atoms with E-state index in [9.17, 15) is 19.2 Å². The van der Waals surface area contributed by atoms with Crippen LogP contribution in [0.2, 0.25) is 0 Å². The third-order valence-corrected chi connectivity index (χ3v) is 2.82. The second-order valence-electron chi connectivity index (χ2n) is 4.39. The number of nitrogens with zero attached hydrogens (tertiary/aromatic N) is 2. The lowest BCUT2D eigenvalue weighted by atomic mass is 10.2. The lowest BCUT2D eigenvalue weighted by Gasteiger charge is -2.13. The van der Waals surface area contributed by atoms with Crippen LogP contribution in [0, 0.1) is 0 Å². The SMILES string of the molecule is C/C=C/CC(NC(=O)Cn1ccc(=O)n(C)c1=O)C(=O)O. The van der Waals surface area contributed by atoms with E-state index in [1.807, 2.05) is 0 Å². The quantitative estimate of drug-likeness (QED) is 0.660. The fourth-order valence-corrected chi connectivity index (χ4v) is 1.62. The van der Waals surface area contributed by atoms with Crippen LogP contribution in [0.3, 0.4) is 0 Å². The molecule has 0 spiro atoms. The molecule has 0 saturated carbocycles. The first-order valence-electron chi connectivity index (χ1n) is 6.26. The van der Waals surface area contributed by atoms with E-state index in [0.29, 0.717) is 0 Å². The second-order valence-corrected chi connectivity index (χ2v) is 4.39. The lowest BCUT2D eigenvalue weighted by Crippen LogP contribution is -2.45. The van der Waals surface area contributed by atoms with Gasteiger partial charge in [0.05, 0.1) is 0 Å². The highest BCUT2D eigenvalue weighted by Gasteiger charge is 2.18. The number of carbonyl (C=O) groups excluding carboxylic acids is 1. The Morgan fingerprint density at radius 1 is 1.43 bits per heavy atom. The van der Waals surface area contributed by atoms with Crippen LogP contribution in [-0.2, 0) is 23.2 Å². The Kier molecular flexibility index (Phi) is 5.65. The van der Waals surface area contributed by atoms with E-state index in [4.69, 9.17) is 5.11 Å². The predicted molar refractivity (Wildman–Crippen MR) is 74.9 cm³/mol. The molecule has 0 bridgehead atoms. The average molecular weight is 295 g/mol. The van der Waals surface area contributed by atoms with Gasteiger partial charge in [-0.2, -0.15) is 0 Å². The third kappa shape index (κ3) is 4.44. The number of hydrogen-bond acceptors (Lipinski definition) is 4. The van der Waals surface area contributed by atoms with Crippen LogP contribution in [0.1, 0.15) is 13.3 Å². The van der Waals surface area contributed by atoms with Gasteiger partial charge in [0.2, 0.25) is 5.91 Å². The summed E-state index contributed by atoms with van der Waals surface area (Å²) < 4.78 is 1.90. The van der Waals surface area contributed by atoms with Crippen LogP contribution in [0.25, 0.3) is 0 Å². The van der Waals surface area contributed by atoms with E-state index in [0.717, 1.165) is 15.2 Å². The topological polar surface area (TPSA) is 110 Å². The molecule has 0 aromatic carbocycles. The molecule has 8 nitrogen and oxygen atoms in total. The van der Waals surface area contributed by atoms with E-state index in [-0.39, 0.29) is 13.0 Å². The molecule has 0 radical (unpaired) electrons. The fraction of sp³-hybridized carbons (Fsp3) is 0.385. The Labute approximate surface area is 120 Å². The van der Waals surface area contributed by atoms with E-state index >= 15 is 0 Å². The van der Waals surface area contributed by atoms with Crippen molar-refractivity contribution in [3.63, 3.8) is 0 Å². The highest BCUT2D eigenvalue weighted by molar-refractivity contribution is 5.83. The van der Waals surface area contributed by atoms with Crippen molar-refractivity contribution in [3.05, 3.63) is 45.3 Å². The molecule has 1 atom stereocenters. The summed E-state index contributed by atoms with van der Waals surface area (Å²) in [4.78, 5) is 45.8. The van der Waals surface area contributed by atoms with Crippen LogP contribution in [0.5, 0.6) is 0 Å². The number of rotatable bonds is 6. The van der Waals surface area contributed by atoms with E-state index in [1.165, 1.54) is 13.2 Å². The monoisotopic (exact) mass is 295 g/mol. The molecule has 0 fully saturated rings. The minimum absolute atomic E-state index is 0.153. The number of allylic oxidation sites excluding steroid dienone is 1. The first kappa shape index (κ1) is 16.4. The van der Waals surface area contributed by atoms with Crippen molar-refractivity contribution in [1.82, 2.24) is 14.5 Å². The summed E-state index contributed by atoms with van der Waals surface area (Å²) >= 11 is 0. The maximum absolute atomic E-state index is 11.8. The van der Waals surface area contributed by atoms with Crippen molar-refractivity contribution in [3.8, 4) is 0 Å². The van der Waals surface area contributed by atoms with E-state index < -0.39 is 29.2 Å². The zero-order valence-corrected chi connectivity index (χ0v) is 11.8. The molecule has 1 aromatic rings. The van der Waals surface area contributed by atoms with Crippen molar-refractivity contribution in [2.75, 3.05) is 0 Å². The Bertz CT molecular complexity index is 671. The van der Waals surface area contributed by atoms with Gasteiger partial charge in [0, 0.05) is 19.3 Å². The minimum Gasteiger partial charge on any atom is -0.480 e. The minimum atomic E-state index is -1.16. The summed E-state index contributed by atoms with van der Waals surface area (Å²) in [6.45, 7) is 1.39. The second kappa shape index (κ2) is 7.22. The Morgan fingerprint density at radius 2 is 2.10 bits per heavy atom. The molecule has 1 unspecified atom stereocenters. The molecule has 1 amide bonds. The number of amides is 1. The maximum atomic E-state index is 11.8. The number of carboxylic acid groups (broad SMARTS) is 1. The van der Waals surface area contributed by atoms with Gasteiger partial charge < -0.3 is 10.4 Å². The van der Waals surface area contributed by atoms with Crippen LogP contribution < -0.4 is 16.6 Å². The summed E-state index contributed by atoms with van der Waals surface area (Å²) in [5, 5.41) is 11.3. The Hall–Kier alpha value is -2.64. The average Bonchev–Trinajstić information content (AvgIpc) is 2.43. The van der Waals surface area contributed by atoms with Gasteiger partial charge in [-0.15, -0.1) is 0 Å². The largest absolute Gasteiger partial charge is 0.480 e. The number of hydrogen-bond donors (Lipinski definition) is 2. The fourth-order valence-electron chi connectivity index (χ4n) is 1.62. The molecule has 1 rings (SSSR count). The Balaban J connectivity index is 2.82. The highest BCUT2D eigenvalue weighted by Crippen LogP contribution is 1.95. The zero-order chi connectivity index (χ0) is 16.0. The molecule has 1 heterocycles. The summed E-state index contributed by atoms with van der Waals surface area (Å²) in [5.41, 5.74) is -1.12. The summed E-state index contributed by atoms with van der Waals surface area (Å²) in [5.74, 6) is -1.78. The van der Waals surface area contributed by atoms with Crippen LogP contribution in [0.15, 0.2) is 34.0 Å². The van der Waals surface area contributed by atoms with E-state index in [1.54, 1.807) is 19.1 Å². The summed E-state index contributed by atoms with van der Waals surface area (Å²) in [6.07, 6.45) is 4.66. The molecule has 0 aliphatic carbocycles. The molecule has 0 aliphatic heterocycles. The molecule has 114 valence electrons.